The van der Waals surface area contributed by atoms with E-state index in [1.807, 2.05) is 0 Å². The zero-order valence-electron chi connectivity index (χ0n) is 10.5. The number of ether oxygens (including phenoxy) is 1. The van der Waals surface area contributed by atoms with Gasteiger partial charge in [-0.2, -0.15) is 0 Å². The maximum absolute atomic E-state index is 12.1. The van der Waals surface area contributed by atoms with Crippen LogP contribution in [-0.4, -0.2) is 39.9 Å². The summed E-state index contributed by atoms with van der Waals surface area (Å²) >= 11 is 3.20. The van der Waals surface area contributed by atoms with Crippen molar-refractivity contribution in [3.63, 3.8) is 0 Å². The first-order valence-corrected chi connectivity index (χ1v) is 7.85. The van der Waals surface area contributed by atoms with Crippen LogP contribution in [-0.2, 0) is 14.8 Å². The number of aliphatic hydroxyl groups is 1. The molecule has 1 rings (SSSR count). The molecular weight excluding hydrogens is 336 g/mol. The minimum atomic E-state index is -3.69. The third-order valence-electron chi connectivity index (χ3n) is 2.44. The van der Waals surface area contributed by atoms with Gasteiger partial charge in [-0.15, -0.1) is 0 Å². The number of hydrogen-bond acceptors (Lipinski definition) is 5. The summed E-state index contributed by atoms with van der Waals surface area (Å²) in [6.07, 6.45) is 0.277. The number of anilines is 1. The van der Waals surface area contributed by atoms with Crippen LogP contribution in [0.3, 0.4) is 0 Å². The number of nitrogens with two attached hydrogens (primary N) is 1. The van der Waals surface area contributed by atoms with Crippen LogP contribution >= 0.6 is 15.9 Å². The molecule has 0 saturated heterocycles. The number of aliphatic hydroxyl groups excluding tert-OH is 1. The Hall–Kier alpha value is -0.670. The molecule has 0 heterocycles. The minimum absolute atomic E-state index is 0.0762. The highest BCUT2D eigenvalue weighted by molar-refractivity contribution is 9.10. The molecule has 0 bridgehead atoms. The fourth-order valence-electron chi connectivity index (χ4n) is 1.51. The van der Waals surface area contributed by atoms with E-state index in [0.29, 0.717) is 10.2 Å². The maximum atomic E-state index is 12.1. The first kappa shape index (κ1) is 16.4. The molecule has 0 fully saturated rings. The van der Waals surface area contributed by atoms with Crippen LogP contribution in [0.5, 0.6) is 0 Å². The second-order valence-electron chi connectivity index (χ2n) is 3.97. The number of nitrogen functional groups attached to an aromatic ring is 1. The molecule has 4 N–H and O–H groups in total. The number of rotatable bonds is 7. The van der Waals surface area contributed by atoms with Crippen molar-refractivity contribution in [2.75, 3.05) is 26.1 Å². The maximum Gasteiger partial charge on any atom is 0.240 e. The number of benzene rings is 1. The van der Waals surface area contributed by atoms with E-state index >= 15 is 0 Å². The van der Waals surface area contributed by atoms with E-state index in [-0.39, 0.29) is 24.5 Å². The molecule has 1 aromatic rings. The lowest BCUT2D eigenvalue weighted by Gasteiger charge is -2.17. The Labute approximate surface area is 121 Å². The molecule has 0 radical (unpaired) electrons. The van der Waals surface area contributed by atoms with Crippen LogP contribution < -0.4 is 10.5 Å². The second-order valence-corrected chi connectivity index (χ2v) is 6.54. The van der Waals surface area contributed by atoms with E-state index in [4.69, 9.17) is 15.6 Å². The summed E-state index contributed by atoms with van der Waals surface area (Å²) < 4.78 is 32.3. The number of nitrogens with one attached hydrogen (secondary N) is 1. The van der Waals surface area contributed by atoms with Gasteiger partial charge in [0.1, 0.15) is 0 Å². The Balaban J connectivity index is 2.92. The SMILES string of the molecule is COCC(CCO)NS(=O)(=O)c1ccc(Br)c(N)c1. The van der Waals surface area contributed by atoms with Gasteiger partial charge in [-0.05, 0) is 40.5 Å². The Morgan fingerprint density at radius 2 is 2.21 bits per heavy atom. The Bertz CT molecular complexity index is 515. The van der Waals surface area contributed by atoms with Crippen molar-refractivity contribution in [3.8, 4) is 0 Å². The van der Waals surface area contributed by atoms with Crippen LogP contribution in [0.4, 0.5) is 5.69 Å². The van der Waals surface area contributed by atoms with Gasteiger partial charge in [-0.1, -0.05) is 0 Å². The lowest BCUT2D eigenvalue weighted by atomic mass is 10.2. The molecule has 0 aliphatic carbocycles. The molecule has 108 valence electrons. The van der Waals surface area contributed by atoms with Gasteiger partial charge in [-0.3, -0.25) is 0 Å². The molecule has 0 spiro atoms. The molecule has 1 aromatic carbocycles. The summed E-state index contributed by atoms with van der Waals surface area (Å²) in [6.45, 7) is 0.0603. The van der Waals surface area contributed by atoms with E-state index in [0.717, 1.165) is 0 Å². The third kappa shape index (κ3) is 4.73. The number of sulfonamides is 1. The van der Waals surface area contributed by atoms with Gasteiger partial charge >= 0.3 is 0 Å². The molecular formula is C11H17BrN2O4S. The Kier molecular flexibility index (Phi) is 6.21. The summed E-state index contributed by atoms with van der Waals surface area (Å²) in [7, 11) is -2.22. The van der Waals surface area contributed by atoms with Gasteiger partial charge in [0, 0.05) is 29.9 Å². The van der Waals surface area contributed by atoms with Gasteiger partial charge in [-0.25, -0.2) is 13.1 Å². The molecule has 0 aromatic heterocycles. The zero-order valence-corrected chi connectivity index (χ0v) is 12.9. The average Bonchev–Trinajstić information content (AvgIpc) is 2.32. The van der Waals surface area contributed by atoms with Crippen molar-refractivity contribution < 1.29 is 18.3 Å². The molecule has 0 aliphatic heterocycles. The fourth-order valence-corrected chi connectivity index (χ4v) is 3.05. The van der Waals surface area contributed by atoms with Crippen molar-refractivity contribution in [2.24, 2.45) is 0 Å². The van der Waals surface area contributed by atoms with Crippen LogP contribution in [0.2, 0.25) is 0 Å². The number of hydrogen-bond donors (Lipinski definition) is 3. The highest BCUT2D eigenvalue weighted by atomic mass is 79.9. The molecule has 0 aliphatic rings. The number of methoxy groups -OCH3 is 1. The highest BCUT2D eigenvalue weighted by Crippen LogP contribution is 2.22. The normalized spacial score (nSPS) is 13.4. The lowest BCUT2D eigenvalue weighted by molar-refractivity contribution is 0.158. The topological polar surface area (TPSA) is 102 Å². The van der Waals surface area contributed by atoms with Gasteiger partial charge in [0.15, 0.2) is 0 Å². The van der Waals surface area contributed by atoms with Crippen LogP contribution in [0.1, 0.15) is 6.42 Å². The van der Waals surface area contributed by atoms with Crippen molar-refractivity contribution in [1.29, 1.82) is 0 Å². The third-order valence-corrected chi connectivity index (χ3v) is 4.69. The van der Waals surface area contributed by atoms with Crippen LogP contribution in [0, 0.1) is 0 Å². The van der Waals surface area contributed by atoms with Crippen LogP contribution in [0.15, 0.2) is 27.6 Å². The van der Waals surface area contributed by atoms with E-state index in [2.05, 4.69) is 20.7 Å². The van der Waals surface area contributed by atoms with E-state index in [9.17, 15) is 8.42 Å². The van der Waals surface area contributed by atoms with Crippen molar-refractivity contribution in [3.05, 3.63) is 22.7 Å². The van der Waals surface area contributed by atoms with Crippen molar-refractivity contribution in [2.45, 2.75) is 17.4 Å². The van der Waals surface area contributed by atoms with Gasteiger partial charge < -0.3 is 15.6 Å². The zero-order chi connectivity index (χ0) is 14.5. The molecule has 0 saturated carbocycles. The van der Waals surface area contributed by atoms with E-state index in [1.165, 1.54) is 19.2 Å². The van der Waals surface area contributed by atoms with E-state index < -0.39 is 16.1 Å². The molecule has 19 heavy (non-hydrogen) atoms. The standard InChI is InChI=1S/C11H17BrN2O4S/c1-18-7-8(4-5-15)14-19(16,17)9-2-3-10(12)11(13)6-9/h2-3,6,8,14-15H,4-5,7,13H2,1H3. The average molecular weight is 353 g/mol. The number of halogens is 1. The van der Waals surface area contributed by atoms with Crippen molar-refractivity contribution in [1.82, 2.24) is 4.72 Å². The largest absolute Gasteiger partial charge is 0.398 e. The highest BCUT2D eigenvalue weighted by Gasteiger charge is 2.20. The first-order valence-electron chi connectivity index (χ1n) is 5.58. The molecule has 0 amide bonds. The molecule has 1 atom stereocenters. The van der Waals surface area contributed by atoms with Crippen LogP contribution in [0.25, 0.3) is 0 Å². The fraction of sp³-hybridized carbons (Fsp3) is 0.455. The summed E-state index contributed by atoms with van der Waals surface area (Å²) in [4.78, 5) is 0.0762. The second kappa shape index (κ2) is 7.20. The summed E-state index contributed by atoms with van der Waals surface area (Å²) in [5, 5.41) is 8.89. The quantitative estimate of drug-likeness (QED) is 0.627. The lowest BCUT2D eigenvalue weighted by Crippen LogP contribution is -2.38. The minimum Gasteiger partial charge on any atom is -0.398 e. The van der Waals surface area contributed by atoms with Crippen molar-refractivity contribution >= 4 is 31.6 Å². The Morgan fingerprint density at radius 1 is 1.53 bits per heavy atom. The van der Waals surface area contributed by atoms with Gasteiger partial charge in [0.25, 0.3) is 0 Å². The molecule has 6 nitrogen and oxygen atoms in total. The van der Waals surface area contributed by atoms with E-state index in [1.54, 1.807) is 6.07 Å². The predicted molar refractivity (Wildman–Crippen MR) is 76.2 cm³/mol. The smallest absolute Gasteiger partial charge is 0.240 e. The summed E-state index contributed by atoms with van der Waals surface area (Å²) in [5.74, 6) is 0. The first-order chi connectivity index (χ1) is 8.90. The summed E-state index contributed by atoms with van der Waals surface area (Å²) in [5.41, 5.74) is 6.00. The monoisotopic (exact) mass is 352 g/mol. The predicted octanol–water partition coefficient (Wildman–Crippen LogP) is 0.707. The van der Waals surface area contributed by atoms with Gasteiger partial charge in [0.05, 0.1) is 11.5 Å². The Morgan fingerprint density at radius 3 is 2.74 bits per heavy atom. The molecule has 1 unspecified atom stereocenters. The molecule has 8 heteroatoms. The summed E-state index contributed by atoms with van der Waals surface area (Å²) in [6, 6.07) is 3.91. The van der Waals surface area contributed by atoms with Gasteiger partial charge in [0.2, 0.25) is 10.0 Å².